The fourth-order valence-electron chi connectivity index (χ4n) is 2.01. The SMILES string of the molecule is Cc1cc(Cl)ccc1S(=O)(=O)N1CCC(N)C1. The molecule has 0 saturated carbocycles. The van der Waals surface area contributed by atoms with Crippen LogP contribution in [0.25, 0.3) is 0 Å². The van der Waals surface area contributed by atoms with Crippen molar-refractivity contribution in [3.63, 3.8) is 0 Å². The minimum absolute atomic E-state index is 0.0580. The summed E-state index contributed by atoms with van der Waals surface area (Å²) in [5.74, 6) is 0. The van der Waals surface area contributed by atoms with Gasteiger partial charge in [0, 0.05) is 24.2 Å². The van der Waals surface area contributed by atoms with Crippen molar-refractivity contribution in [2.75, 3.05) is 13.1 Å². The molecule has 2 N–H and O–H groups in total. The predicted octanol–water partition coefficient (Wildman–Crippen LogP) is 1.37. The molecule has 2 rings (SSSR count). The number of hydrogen-bond donors (Lipinski definition) is 1. The van der Waals surface area contributed by atoms with E-state index in [0.29, 0.717) is 35.0 Å². The highest BCUT2D eigenvalue weighted by Gasteiger charge is 2.31. The smallest absolute Gasteiger partial charge is 0.243 e. The van der Waals surface area contributed by atoms with Gasteiger partial charge in [0.2, 0.25) is 10.0 Å². The number of sulfonamides is 1. The minimum atomic E-state index is -3.42. The van der Waals surface area contributed by atoms with Crippen molar-refractivity contribution in [1.82, 2.24) is 4.31 Å². The molecule has 1 heterocycles. The first kappa shape index (κ1) is 12.8. The Balaban J connectivity index is 2.38. The van der Waals surface area contributed by atoms with E-state index in [9.17, 15) is 8.42 Å². The first-order valence-corrected chi connectivity index (χ1v) is 7.25. The Morgan fingerprint density at radius 2 is 2.18 bits per heavy atom. The van der Waals surface area contributed by atoms with Gasteiger partial charge in [0.15, 0.2) is 0 Å². The number of nitrogens with zero attached hydrogens (tertiary/aromatic N) is 1. The van der Waals surface area contributed by atoms with E-state index in [1.807, 2.05) is 0 Å². The van der Waals surface area contributed by atoms with Gasteiger partial charge in [-0.15, -0.1) is 0 Å². The lowest BCUT2D eigenvalue weighted by molar-refractivity contribution is 0.472. The average molecular weight is 275 g/mol. The molecule has 0 aliphatic carbocycles. The van der Waals surface area contributed by atoms with Crippen LogP contribution in [0, 0.1) is 6.92 Å². The molecule has 0 amide bonds. The Labute approximate surface area is 106 Å². The van der Waals surface area contributed by atoms with Crippen LogP contribution in [-0.2, 0) is 10.0 Å². The molecule has 1 aliphatic rings. The van der Waals surface area contributed by atoms with Gasteiger partial charge in [0.05, 0.1) is 4.90 Å². The van der Waals surface area contributed by atoms with Crippen LogP contribution in [0.15, 0.2) is 23.1 Å². The highest BCUT2D eigenvalue weighted by atomic mass is 35.5. The molecule has 94 valence electrons. The van der Waals surface area contributed by atoms with Gasteiger partial charge < -0.3 is 5.73 Å². The van der Waals surface area contributed by atoms with Crippen molar-refractivity contribution in [2.24, 2.45) is 5.73 Å². The Morgan fingerprint density at radius 3 is 2.71 bits per heavy atom. The third-order valence-corrected chi connectivity index (χ3v) is 5.20. The molecule has 0 aromatic heterocycles. The molecule has 0 spiro atoms. The Bertz CT molecular complexity index is 530. The maximum atomic E-state index is 12.3. The zero-order chi connectivity index (χ0) is 12.6. The number of aryl methyl sites for hydroxylation is 1. The molecular formula is C11H15ClN2O2S. The number of nitrogens with two attached hydrogens (primary N) is 1. The van der Waals surface area contributed by atoms with Crippen molar-refractivity contribution in [2.45, 2.75) is 24.3 Å². The maximum absolute atomic E-state index is 12.3. The fourth-order valence-corrected chi connectivity index (χ4v) is 3.96. The zero-order valence-electron chi connectivity index (χ0n) is 9.56. The second-order valence-corrected chi connectivity index (χ2v) is 6.66. The second-order valence-electron chi connectivity index (χ2n) is 4.32. The van der Waals surface area contributed by atoms with Gasteiger partial charge in [0.25, 0.3) is 0 Å². The number of hydrogen-bond acceptors (Lipinski definition) is 3. The van der Waals surface area contributed by atoms with Gasteiger partial charge in [0.1, 0.15) is 0 Å². The lowest BCUT2D eigenvalue weighted by Crippen LogP contribution is -2.32. The fraction of sp³-hybridized carbons (Fsp3) is 0.455. The zero-order valence-corrected chi connectivity index (χ0v) is 11.1. The van der Waals surface area contributed by atoms with Crippen LogP contribution in [0.4, 0.5) is 0 Å². The molecule has 0 radical (unpaired) electrons. The number of halogens is 1. The van der Waals surface area contributed by atoms with E-state index >= 15 is 0 Å². The quantitative estimate of drug-likeness (QED) is 0.886. The summed E-state index contributed by atoms with van der Waals surface area (Å²) in [7, 11) is -3.42. The van der Waals surface area contributed by atoms with E-state index < -0.39 is 10.0 Å². The van der Waals surface area contributed by atoms with Gasteiger partial charge in [-0.2, -0.15) is 4.31 Å². The summed E-state index contributed by atoms with van der Waals surface area (Å²) in [5.41, 5.74) is 6.40. The number of rotatable bonds is 2. The molecule has 1 atom stereocenters. The van der Waals surface area contributed by atoms with Crippen LogP contribution in [0.3, 0.4) is 0 Å². The summed E-state index contributed by atoms with van der Waals surface area (Å²) in [6.45, 7) is 2.63. The molecule has 4 nitrogen and oxygen atoms in total. The summed E-state index contributed by atoms with van der Waals surface area (Å²) in [6.07, 6.45) is 0.714. The molecule has 0 bridgehead atoms. The Hall–Kier alpha value is -0.620. The third kappa shape index (κ3) is 2.47. The van der Waals surface area contributed by atoms with Gasteiger partial charge in [-0.1, -0.05) is 11.6 Å². The molecular weight excluding hydrogens is 260 g/mol. The molecule has 1 unspecified atom stereocenters. The summed E-state index contributed by atoms with van der Waals surface area (Å²) in [4.78, 5) is 0.316. The molecule has 1 aromatic rings. The van der Waals surface area contributed by atoms with Crippen molar-refractivity contribution in [3.8, 4) is 0 Å². The monoisotopic (exact) mass is 274 g/mol. The van der Waals surface area contributed by atoms with E-state index in [2.05, 4.69) is 0 Å². The van der Waals surface area contributed by atoms with Crippen molar-refractivity contribution < 1.29 is 8.42 Å². The highest BCUT2D eigenvalue weighted by Crippen LogP contribution is 2.25. The molecule has 1 aliphatic heterocycles. The topological polar surface area (TPSA) is 63.4 Å². The molecule has 1 aromatic carbocycles. The normalized spacial score (nSPS) is 21.9. The van der Waals surface area contributed by atoms with Gasteiger partial charge >= 0.3 is 0 Å². The van der Waals surface area contributed by atoms with Gasteiger partial charge in [-0.25, -0.2) is 8.42 Å². The molecule has 1 saturated heterocycles. The maximum Gasteiger partial charge on any atom is 0.243 e. The molecule has 6 heteroatoms. The van der Waals surface area contributed by atoms with E-state index in [0.717, 1.165) is 0 Å². The van der Waals surface area contributed by atoms with E-state index in [-0.39, 0.29) is 6.04 Å². The largest absolute Gasteiger partial charge is 0.326 e. The summed E-state index contributed by atoms with van der Waals surface area (Å²) in [6, 6.07) is 4.75. The van der Waals surface area contributed by atoms with E-state index in [4.69, 9.17) is 17.3 Å². The Kier molecular flexibility index (Phi) is 3.45. The molecule has 17 heavy (non-hydrogen) atoms. The van der Waals surface area contributed by atoms with Crippen LogP contribution >= 0.6 is 11.6 Å². The number of benzene rings is 1. The van der Waals surface area contributed by atoms with Gasteiger partial charge in [-0.05, 0) is 37.1 Å². The Morgan fingerprint density at radius 1 is 1.47 bits per heavy atom. The van der Waals surface area contributed by atoms with Crippen LogP contribution < -0.4 is 5.73 Å². The van der Waals surface area contributed by atoms with Crippen molar-refractivity contribution in [1.29, 1.82) is 0 Å². The minimum Gasteiger partial charge on any atom is -0.326 e. The van der Waals surface area contributed by atoms with Crippen LogP contribution in [0.5, 0.6) is 0 Å². The standard InChI is InChI=1S/C11H15ClN2O2S/c1-8-6-9(12)2-3-11(8)17(15,16)14-5-4-10(13)7-14/h2-3,6,10H,4-5,7,13H2,1H3. The average Bonchev–Trinajstić information content (AvgIpc) is 2.64. The second kappa shape index (κ2) is 4.57. The lowest BCUT2D eigenvalue weighted by Gasteiger charge is -2.17. The van der Waals surface area contributed by atoms with Crippen LogP contribution in [0.1, 0.15) is 12.0 Å². The van der Waals surface area contributed by atoms with Crippen LogP contribution in [0.2, 0.25) is 5.02 Å². The summed E-state index contributed by atoms with van der Waals surface area (Å²) in [5, 5.41) is 0.541. The lowest BCUT2D eigenvalue weighted by atomic mass is 10.2. The first-order chi connectivity index (χ1) is 7.91. The van der Waals surface area contributed by atoms with Gasteiger partial charge in [-0.3, -0.25) is 0 Å². The predicted molar refractivity (Wildman–Crippen MR) is 67.5 cm³/mol. The highest BCUT2D eigenvalue weighted by molar-refractivity contribution is 7.89. The summed E-state index contributed by atoms with van der Waals surface area (Å²) >= 11 is 5.82. The summed E-state index contributed by atoms with van der Waals surface area (Å²) < 4.78 is 26.1. The van der Waals surface area contributed by atoms with Crippen molar-refractivity contribution >= 4 is 21.6 Å². The van der Waals surface area contributed by atoms with E-state index in [1.54, 1.807) is 25.1 Å². The van der Waals surface area contributed by atoms with E-state index in [1.165, 1.54) is 4.31 Å². The van der Waals surface area contributed by atoms with Crippen molar-refractivity contribution in [3.05, 3.63) is 28.8 Å². The molecule has 1 fully saturated rings. The first-order valence-electron chi connectivity index (χ1n) is 5.43. The van der Waals surface area contributed by atoms with Crippen LogP contribution in [-0.4, -0.2) is 31.9 Å². The third-order valence-electron chi connectivity index (χ3n) is 2.94.